The van der Waals surface area contributed by atoms with E-state index >= 15 is 4.39 Å². The summed E-state index contributed by atoms with van der Waals surface area (Å²) in [6.07, 6.45) is 8.11. The van der Waals surface area contributed by atoms with E-state index in [2.05, 4.69) is 32.6 Å². The zero-order chi connectivity index (χ0) is 22.1. The molecule has 4 aliphatic carbocycles. The molecular formula is C24H32ClFO3Si. The number of halogens is 2. The van der Waals surface area contributed by atoms with E-state index in [1.165, 1.54) is 11.6 Å². The van der Waals surface area contributed by atoms with Crippen molar-refractivity contribution < 1.29 is 18.7 Å². The Morgan fingerprint density at radius 3 is 2.67 bits per heavy atom. The Kier molecular flexibility index (Phi) is 5.08. The molecular weight excluding hydrogens is 419 g/mol. The Labute approximate surface area is 184 Å². The van der Waals surface area contributed by atoms with E-state index in [0.29, 0.717) is 25.0 Å². The van der Waals surface area contributed by atoms with Gasteiger partial charge in [0, 0.05) is 22.3 Å². The van der Waals surface area contributed by atoms with Crippen molar-refractivity contribution in [1.82, 2.24) is 0 Å². The van der Waals surface area contributed by atoms with E-state index in [4.69, 9.17) is 16.0 Å². The summed E-state index contributed by atoms with van der Waals surface area (Å²) in [5, 5.41) is 11.3. The Bertz CT molecular complexity index is 901. The van der Waals surface area contributed by atoms with Gasteiger partial charge in [-0.05, 0) is 75.9 Å². The predicted octanol–water partition coefficient (Wildman–Crippen LogP) is 5.83. The van der Waals surface area contributed by atoms with Crippen LogP contribution >= 0.6 is 11.6 Å². The number of allylic oxidation sites excluding steroid dienone is 6. The van der Waals surface area contributed by atoms with Crippen LogP contribution in [0.1, 0.15) is 39.5 Å². The number of hydrogen-bond acceptors (Lipinski definition) is 3. The number of hydrogen-bond donors (Lipinski definition) is 1. The number of alkyl halides is 1. The molecule has 0 spiro atoms. The number of aliphatic hydroxyl groups excluding tert-OH is 1. The van der Waals surface area contributed by atoms with Crippen molar-refractivity contribution in [3.63, 3.8) is 0 Å². The van der Waals surface area contributed by atoms with Crippen LogP contribution in [0.15, 0.2) is 46.7 Å². The van der Waals surface area contributed by atoms with E-state index < -0.39 is 30.9 Å². The molecule has 0 aliphatic heterocycles. The van der Waals surface area contributed by atoms with E-state index in [1.54, 1.807) is 12.2 Å². The van der Waals surface area contributed by atoms with Crippen LogP contribution in [0, 0.1) is 22.7 Å². The van der Waals surface area contributed by atoms with Gasteiger partial charge in [-0.2, -0.15) is 0 Å². The summed E-state index contributed by atoms with van der Waals surface area (Å²) in [6, 6.07) is 0. The molecule has 0 amide bonds. The number of rotatable bonds is 3. The lowest BCUT2D eigenvalue weighted by molar-refractivity contribution is -0.185. The second-order valence-corrected chi connectivity index (χ2v) is 15.5. The first-order chi connectivity index (χ1) is 13.9. The van der Waals surface area contributed by atoms with Crippen LogP contribution in [0.4, 0.5) is 4.39 Å². The Morgan fingerprint density at radius 2 is 2.03 bits per heavy atom. The fourth-order valence-corrected chi connectivity index (χ4v) is 7.70. The summed E-state index contributed by atoms with van der Waals surface area (Å²) in [6.45, 7) is 10.3. The average molecular weight is 451 g/mol. The summed E-state index contributed by atoms with van der Waals surface area (Å²) in [4.78, 5) is 11.9. The topological polar surface area (TPSA) is 46.5 Å². The third kappa shape index (κ3) is 2.95. The van der Waals surface area contributed by atoms with Crippen LogP contribution in [0.25, 0.3) is 0 Å². The molecule has 0 radical (unpaired) electrons. The number of carbonyl (C=O) groups excluding carboxylic acids is 1. The van der Waals surface area contributed by atoms with Crippen LogP contribution < -0.4 is 0 Å². The predicted molar refractivity (Wildman–Crippen MR) is 120 cm³/mol. The van der Waals surface area contributed by atoms with Crippen molar-refractivity contribution in [2.45, 2.75) is 70.9 Å². The molecule has 0 aromatic carbocycles. The van der Waals surface area contributed by atoms with Crippen molar-refractivity contribution in [1.29, 1.82) is 0 Å². The molecule has 0 aromatic rings. The minimum absolute atomic E-state index is 0.0576. The molecule has 2 fully saturated rings. The molecule has 1 N–H and O–H groups in total. The Hall–Kier alpha value is -1.17. The molecule has 2 saturated carbocycles. The standard InChI is InChI=1S/C24H32ClFO3Si/c1-22-13-21(28)24(26)18(7-6-15-12-16(27)10-11-23(15,24)2)17(22)8-9-19(22)20(14-25)29-30(3,4)5/h9-12,14,17-18,21,28H,6-8,13H2,1-5H3/t17-,18-,21?,22-,23-,24-/m0/s1. The summed E-state index contributed by atoms with van der Waals surface area (Å²) >= 11 is 6.18. The maximum atomic E-state index is 17.0. The van der Waals surface area contributed by atoms with Crippen molar-refractivity contribution >= 4 is 25.7 Å². The van der Waals surface area contributed by atoms with Gasteiger partial charge in [0.25, 0.3) is 0 Å². The molecule has 30 heavy (non-hydrogen) atoms. The summed E-state index contributed by atoms with van der Waals surface area (Å²) in [5.74, 6) is 0.334. The molecule has 1 unspecified atom stereocenters. The van der Waals surface area contributed by atoms with Crippen LogP contribution in [0.3, 0.4) is 0 Å². The van der Waals surface area contributed by atoms with E-state index in [9.17, 15) is 9.90 Å². The lowest BCUT2D eigenvalue weighted by Crippen LogP contribution is -2.66. The SMILES string of the molecule is C[C@]12C=CC(=O)C=C1CC[C@H]1[C@@H]3CC=C(C(=CCl)O[Si](C)(C)C)[C@@]3(C)CC(O)[C@@]12F. The van der Waals surface area contributed by atoms with Crippen LogP contribution in [0.5, 0.6) is 0 Å². The summed E-state index contributed by atoms with van der Waals surface area (Å²) in [7, 11) is -1.89. The maximum Gasteiger partial charge on any atom is 0.242 e. The zero-order valence-electron chi connectivity index (χ0n) is 18.5. The Morgan fingerprint density at radius 1 is 1.33 bits per heavy atom. The molecule has 4 aliphatic rings. The first-order valence-electron chi connectivity index (χ1n) is 10.9. The third-order valence-corrected chi connectivity index (χ3v) is 9.03. The van der Waals surface area contributed by atoms with Gasteiger partial charge in [0.15, 0.2) is 11.5 Å². The minimum Gasteiger partial charge on any atom is -0.544 e. The van der Waals surface area contributed by atoms with Gasteiger partial charge in [0.05, 0.1) is 6.10 Å². The van der Waals surface area contributed by atoms with Crippen molar-refractivity contribution in [3.05, 3.63) is 46.7 Å². The molecule has 164 valence electrons. The summed E-state index contributed by atoms with van der Waals surface area (Å²) < 4.78 is 23.3. The van der Waals surface area contributed by atoms with Crippen molar-refractivity contribution in [3.8, 4) is 0 Å². The normalized spacial score (nSPS) is 43.4. The largest absolute Gasteiger partial charge is 0.544 e. The fourth-order valence-electron chi connectivity index (χ4n) is 6.63. The second kappa shape index (κ2) is 6.91. The number of aliphatic hydroxyl groups is 1. The lowest BCUT2D eigenvalue weighted by atomic mass is 9.45. The van der Waals surface area contributed by atoms with Gasteiger partial charge in [-0.3, -0.25) is 4.79 Å². The molecule has 3 nitrogen and oxygen atoms in total. The van der Waals surface area contributed by atoms with Crippen LogP contribution in [-0.4, -0.2) is 31.0 Å². The minimum atomic E-state index is -1.89. The Balaban J connectivity index is 1.73. The first kappa shape index (κ1) is 22.0. The molecule has 4 rings (SSSR count). The number of fused-ring (bicyclic) bond motifs is 5. The fraction of sp³-hybridized carbons (Fsp3) is 0.625. The zero-order valence-corrected chi connectivity index (χ0v) is 20.2. The monoisotopic (exact) mass is 450 g/mol. The number of carbonyl (C=O) groups is 1. The van der Waals surface area contributed by atoms with Gasteiger partial charge in [0.1, 0.15) is 5.76 Å². The maximum absolute atomic E-state index is 17.0. The van der Waals surface area contributed by atoms with Crippen molar-refractivity contribution in [2.75, 3.05) is 0 Å². The smallest absolute Gasteiger partial charge is 0.242 e. The highest BCUT2D eigenvalue weighted by atomic mass is 35.5. The molecule has 6 heteroatoms. The summed E-state index contributed by atoms with van der Waals surface area (Å²) in [5.41, 5.74) is 0.170. The number of ketones is 1. The van der Waals surface area contributed by atoms with Crippen molar-refractivity contribution in [2.24, 2.45) is 22.7 Å². The molecule has 0 heterocycles. The quantitative estimate of drug-likeness (QED) is 0.435. The highest BCUT2D eigenvalue weighted by molar-refractivity contribution is 6.70. The van der Waals surface area contributed by atoms with Gasteiger partial charge in [-0.15, -0.1) is 0 Å². The average Bonchev–Trinajstić information content (AvgIpc) is 2.97. The van der Waals surface area contributed by atoms with Gasteiger partial charge >= 0.3 is 0 Å². The van der Waals surface area contributed by atoms with E-state index in [0.717, 1.165) is 17.6 Å². The van der Waals surface area contributed by atoms with Gasteiger partial charge in [-0.25, -0.2) is 4.39 Å². The highest BCUT2D eigenvalue weighted by Crippen LogP contribution is 2.68. The van der Waals surface area contributed by atoms with E-state index in [1.807, 2.05) is 6.92 Å². The lowest BCUT2D eigenvalue weighted by Gasteiger charge is -2.61. The van der Waals surface area contributed by atoms with E-state index in [-0.39, 0.29) is 17.6 Å². The molecule has 6 atom stereocenters. The second-order valence-electron chi connectivity index (χ2n) is 10.8. The third-order valence-electron chi connectivity index (χ3n) is 8.00. The molecule has 0 aromatic heterocycles. The van der Waals surface area contributed by atoms with Gasteiger partial charge in [-0.1, -0.05) is 36.2 Å². The first-order valence-corrected chi connectivity index (χ1v) is 14.7. The molecule has 0 bridgehead atoms. The highest BCUT2D eigenvalue weighted by Gasteiger charge is 2.69. The van der Waals surface area contributed by atoms with Crippen LogP contribution in [-0.2, 0) is 9.22 Å². The van der Waals surface area contributed by atoms with Gasteiger partial charge < -0.3 is 9.53 Å². The van der Waals surface area contributed by atoms with Gasteiger partial charge in [0.2, 0.25) is 8.32 Å². The molecule has 0 saturated heterocycles. The van der Waals surface area contributed by atoms with Crippen LogP contribution in [0.2, 0.25) is 19.6 Å².